The number of nitro groups is 1. The maximum absolute atomic E-state index is 13.0. The van der Waals surface area contributed by atoms with Gasteiger partial charge < -0.3 is 5.32 Å². The molecule has 0 saturated carbocycles. The Morgan fingerprint density at radius 3 is 2.38 bits per heavy atom. The summed E-state index contributed by atoms with van der Waals surface area (Å²) >= 11 is 0. The first kappa shape index (κ1) is 17.9. The van der Waals surface area contributed by atoms with Crippen LogP contribution in [0.4, 0.5) is 11.4 Å². The van der Waals surface area contributed by atoms with Gasteiger partial charge in [0.05, 0.1) is 10.6 Å². The molecule has 2 rings (SSSR count). The summed E-state index contributed by atoms with van der Waals surface area (Å²) < 4.78 is 27.3. The molecule has 2 aromatic rings. The molecule has 0 bridgehead atoms. The minimum Gasteiger partial charge on any atom is -0.387 e. The van der Waals surface area contributed by atoms with Crippen molar-refractivity contribution >= 4 is 21.4 Å². The van der Waals surface area contributed by atoms with Gasteiger partial charge in [0.2, 0.25) is 10.0 Å². The number of anilines is 1. The van der Waals surface area contributed by atoms with Gasteiger partial charge >= 0.3 is 0 Å². The number of benzene rings is 2. The first-order valence-electron chi connectivity index (χ1n) is 7.40. The monoisotopic (exact) mass is 349 g/mol. The summed E-state index contributed by atoms with van der Waals surface area (Å²) in [4.78, 5) is 10.3. The molecule has 7 nitrogen and oxygen atoms in total. The fourth-order valence-corrected chi connectivity index (χ4v) is 3.99. The molecule has 0 heterocycles. The second kappa shape index (κ2) is 7.41. The van der Waals surface area contributed by atoms with Crippen molar-refractivity contribution in [1.29, 1.82) is 0 Å². The van der Waals surface area contributed by atoms with Crippen LogP contribution in [0.15, 0.2) is 53.4 Å². The van der Waals surface area contributed by atoms with Crippen LogP contribution in [0.3, 0.4) is 0 Å². The second-order valence-electron chi connectivity index (χ2n) is 5.10. The van der Waals surface area contributed by atoms with E-state index in [4.69, 9.17) is 0 Å². The highest BCUT2D eigenvalue weighted by Crippen LogP contribution is 2.29. The average Bonchev–Trinajstić information content (AvgIpc) is 2.59. The fraction of sp³-hybridized carbons (Fsp3) is 0.250. The first-order chi connectivity index (χ1) is 11.4. The molecule has 128 valence electrons. The smallest absolute Gasteiger partial charge is 0.270 e. The quantitative estimate of drug-likeness (QED) is 0.613. The van der Waals surface area contributed by atoms with Crippen molar-refractivity contribution in [3.05, 3.63) is 64.2 Å². The van der Waals surface area contributed by atoms with E-state index in [2.05, 4.69) is 5.32 Å². The number of nitrogens with one attached hydrogen (secondary N) is 1. The van der Waals surface area contributed by atoms with E-state index in [1.165, 1.54) is 16.4 Å². The van der Waals surface area contributed by atoms with Gasteiger partial charge in [-0.3, -0.25) is 10.1 Å². The molecule has 24 heavy (non-hydrogen) atoms. The van der Waals surface area contributed by atoms with Gasteiger partial charge in [-0.15, -0.1) is 0 Å². The Morgan fingerprint density at radius 1 is 1.17 bits per heavy atom. The number of nitro benzene ring substituents is 1. The number of rotatable bonds is 7. The van der Waals surface area contributed by atoms with Crippen LogP contribution in [-0.2, 0) is 16.6 Å². The fourth-order valence-electron chi connectivity index (χ4n) is 2.34. The van der Waals surface area contributed by atoms with Gasteiger partial charge in [-0.25, -0.2) is 8.42 Å². The molecule has 0 aromatic heterocycles. The highest BCUT2D eigenvalue weighted by atomic mass is 32.2. The lowest BCUT2D eigenvalue weighted by molar-refractivity contribution is -0.385. The van der Waals surface area contributed by atoms with Crippen molar-refractivity contribution in [2.45, 2.75) is 18.4 Å². The number of sulfonamides is 1. The van der Waals surface area contributed by atoms with Crippen LogP contribution >= 0.6 is 0 Å². The lowest BCUT2D eigenvalue weighted by Gasteiger charge is -2.22. The summed E-state index contributed by atoms with van der Waals surface area (Å²) in [6, 6.07) is 13.0. The third kappa shape index (κ3) is 3.72. The van der Waals surface area contributed by atoms with E-state index in [-0.39, 0.29) is 23.7 Å². The number of non-ortho nitro benzene ring substituents is 1. The van der Waals surface area contributed by atoms with E-state index >= 15 is 0 Å². The van der Waals surface area contributed by atoms with Crippen LogP contribution < -0.4 is 5.32 Å². The van der Waals surface area contributed by atoms with Crippen molar-refractivity contribution in [3.63, 3.8) is 0 Å². The van der Waals surface area contributed by atoms with Gasteiger partial charge in [-0.2, -0.15) is 4.31 Å². The van der Waals surface area contributed by atoms with E-state index in [1.54, 1.807) is 14.0 Å². The Morgan fingerprint density at radius 2 is 1.83 bits per heavy atom. The molecule has 1 N–H and O–H groups in total. The van der Waals surface area contributed by atoms with Gasteiger partial charge in [-0.1, -0.05) is 37.3 Å². The van der Waals surface area contributed by atoms with Crippen molar-refractivity contribution in [1.82, 2.24) is 4.31 Å². The van der Waals surface area contributed by atoms with Crippen LogP contribution in [0.25, 0.3) is 0 Å². The van der Waals surface area contributed by atoms with Crippen LogP contribution in [0.5, 0.6) is 0 Å². The molecular formula is C16H19N3O4S. The summed E-state index contributed by atoms with van der Waals surface area (Å²) in [5.74, 6) is 0. The van der Waals surface area contributed by atoms with Crippen molar-refractivity contribution in [2.24, 2.45) is 0 Å². The van der Waals surface area contributed by atoms with Crippen LogP contribution in [0, 0.1) is 10.1 Å². The number of hydrogen-bond acceptors (Lipinski definition) is 5. The average molecular weight is 349 g/mol. The normalized spacial score (nSPS) is 11.5. The SMILES string of the molecule is CCN(Cc1ccccc1)S(=O)(=O)c1cc([N+](=O)[O-])ccc1NC. The topological polar surface area (TPSA) is 92.5 Å². The van der Waals surface area contributed by atoms with Crippen LogP contribution in [-0.4, -0.2) is 31.2 Å². The van der Waals surface area contributed by atoms with E-state index in [9.17, 15) is 18.5 Å². The molecule has 8 heteroatoms. The summed E-state index contributed by atoms with van der Waals surface area (Å²) in [7, 11) is -2.30. The van der Waals surface area contributed by atoms with Gasteiger partial charge in [-0.05, 0) is 11.6 Å². The summed E-state index contributed by atoms with van der Waals surface area (Å²) in [5, 5.41) is 13.8. The van der Waals surface area contributed by atoms with Crippen LogP contribution in [0.1, 0.15) is 12.5 Å². The maximum Gasteiger partial charge on any atom is 0.270 e. The first-order valence-corrected chi connectivity index (χ1v) is 8.84. The zero-order valence-corrected chi connectivity index (χ0v) is 14.3. The Labute approximate surface area is 141 Å². The van der Waals surface area contributed by atoms with E-state index in [1.807, 2.05) is 30.3 Å². The Kier molecular flexibility index (Phi) is 5.53. The zero-order chi connectivity index (χ0) is 17.7. The predicted octanol–water partition coefficient (Wildman–Crippen LogP) is 2.85. The lowest BCUT2D eigenvalue weighted by atomic mass is 10.2. The number of nitrogens with zero attached hydrogens (tertiary/aromatic N) is 2. The van der Waals surface area contributed by atoms with Crippen molar-refractivity contribution in [3.8, 4) is 0 Å². The maximum atomic E-state index is 13.0. The van der Waals surface area contributed by atoms with Crippen molar-refractivity contribution in [2.75, 3.05) is 18.9 Å². The minimum absolute atomic E-state index is 0.100. The third-order valence-electron chi connectivity index (χ3n) is 3.62. The van der Waals surface area contributed by atoms with E-state index in [0.717, 1.165) is 11.6 Å². The second-order valence-corrected chi connectivity index (χ2v) is 7.01. The highest BCUT2D eigenvalue weighted by molar-refractivity contribution is 7.89. The van der Waals surface area contributed by atoms with E-state index < -0.39 is 14.9 Å². The van der Waals surface area contributed by atoms with Gasteiger partial charge in [0.15, 0.2) is 0 Å². The summed E-state index contributed by atoms with van der Waals surface area (Å²) in [5.41, 5.74) is 0.912. The summed E-state index contributed by atoms with van der Waals surface area (Å²) in [6.45, 7) is 2.19. The Hall–Kier alpha value is -2.45. The van der Waals surface area contributed by atoms with Gasteiger partial charge in [0, 0.05) is 32.3 Å². The molecule has 0 radical (unpaired) electrons. The molecule has 0 aliphatic heterocycles. The van der Waals surface area contributed by atoms with Crippen molar-refractivity contribution < 1.29 is 13.3 Å². The predicted molar refractivity (Wildman–Crippen MR) is 92.4 cm³/mol. The van der Waals surface area contributed by atoms with Crippen LogP contribution in [0.2, 0.25) is 0 Å². The van der Waals surface area contributed by atoms with Gasteiger partial charge in [0.25, 0.3) is 5.69 Å². The lowest BCUT2D eigenvalue weighted by Crippen LogP contribution is -2.31. The standard InChI is InChI=1S/C16H19N3O4S/c1-3-18(12-13-7-5-4-6-8-13)24(22,23)16-11-14(19(20)21)9-10-15(16)17-2/h4-11,17H,3,12H2,1-2H3. The summed E-state index contributed by atoms with van der Waals surface area (Å²) in [6.07, 6.45) is 0. The van der Waals surface area contributed by atoms with E-state index in [0.29, 0.717) is 5.69 Å². The molecule has 0 aliphatic rings. The van der Waals surface area contributed by atoms with Gasteiger partial charge in [0.1, 0.15) is 4.90 Å². The molecule has 0 fully saturated rings. The Balaban J connectivity index is 2.47. The number of hydrogen-bond donors (Lipinski definition) is 1. The molecular weight excluding hydrogens is 330 g/mol. The largest absolute Gasteiger partial charge is 0.387 e. The molecule has 0 spiro atoms. The molecule has 0 aliphatic carbocycles. The highest BCUT2D eigenvalue weighted by Gasteiger charge is 2.28. The molecule has 0 saturated heterocycles. The molecule has 0 amide bonds. The Bertz CT molecular complexity index is 822. The molecule has 0 unspecified atom stereocenters. The zero-order valence-electron chi connectivity index (χ0n) is 13.5. The minimum atomic E-state index is -3.88. The third-order valence-corrected chi connectivity index (χ3v) is 5.58. The molecule has 2 aromatic carbocycles. The molecule has 0 atom stereocenters.